The Morgan fingerprint density at radius 1 is 1.18 bits per heavy atom. The van der Waals surface area contributed by atoms with Crippen molar-refractivity contribution >= 4 is 12.8 Å². The first-order chi connectivity index (χ1) is 5.13. The van der Waals surface area contributed by atoms with Gasteiger partial charge in [0.05, 0.1) is 0 Å². The van der Waals surface area contributed by atoms with Crippen molar-refractivity contribution in [3.63, 3.8) is 0 Å². The van der Waals surface area contributed by atoms with Gasteiger partial charge in [0.15, 0.2) is 0 Å². The van der Waals surface area contributed by atoms with Crippen LogP contribution in [0.1, 0.15) is 0 Å². The first-order valence-electron chi connectivity index (χ1n) is 2.68. The van der Waals surface area contributed by atoms with E-state index in [9.17, 15) is 0 Å². The second kappa shape index (κ2) is 6.57. The van der Waals surface area contributed by atoms with Gasteiger partial charge in [-0.15, -0.1) is 0 Å². The van der Waals surface area contributed by atoms with Crippen molar-refractivity contribution in [1.82, 2.24) is 0 Å². The Morgan fingerprint density at radius 3 is 1.73 bits per heavy atom. The molecule has 0 fully saturated rings. The molecule has 0 heterocycles. The molecule has 0 aliphatic heterocycles. The molecule has 5 heteroatoms. The second-order valence-corrected chi connectivity index (χ2v) is 2.58. The molecule has 11 heavy (non-hydrogen) atoms. The Bertz CT molecular complexity index is 210. The zero-order valence-corrected chi connectivity index (χ0v) is 7.42. The zero-order chi connectivity index (χ0) is 8.69. The molecule has 0 aromatic heterocycles. The van der Waals surface area contributed by atoms with Crippen LogP contribution in [0.4, 0.5) is 0 Å². The first-order valence-corrected chi connectivity index (χ1v) is 4.40. The van der Waals surface area contributed by atoms with E-state index >= 15 is 0 Å². The van der Waals surface area contributed by atoms with Crippen LogP contribution < -0.4 is 14.3 Å². The third-order valence-electron chi connectivity index (χ3n) is 0.713. The maximum absolute atomic E-state index is 8.52. The van der Waals surface area contributed by atoms with Gasteiger partial charge in [0.1, 0.15) is 0 Å². The van der Waals surface area contributed by atoms with Gasteiger partial charge in [-0.2, -0.15) is 0 Å². The van der Waals surface area contributed by atoms with Crippen LogP contribution in [0, 0.1) is 0 Å². The molecule has 0 aliphatic rings. The summed E-state index contributed by atoms with van der Waals surface area (Å²) in [5.74, 6) is 0. The molecule has 0 N–H and O–H groups in total. The van der Waals surface area contributed by atoms with Crippen LogP contribution in [0.3, 0.4) is 0 Å². The van der Waals surface area contributed by atoms with Crippen LogP contribution in [0.15, 0.2) is 30.3 Å². The van der Waals surface area contributed by atoms with E-state index in [0.29, 0.717) is 0 Å². The van der Waals surface area contributed by atoms with Crippen molar-refractivity contribution in [2.45, 2.75) is 0 Å². The summed E-state index contributed by atoms with van der Waals surface area (Å²) in [6, 6.07) is 9.68. The van der Waals surface area contributed by atoms with Crippen molar-refractivity contribution in [2.75, 3.05) is 0 Å². The summed E-state index contributed by atoms with van der Waals surface area (Å²) in [4.78, 5) is 17.0. The van der Waals surface area contributed by atoms with E-state index in [0.717, 1.165) is 4.53 Å². The number of hydrogen-bond donors (Lipinski definition) is 0. The zero-order valence-electron chi connectivity index (χ0n) is 5.43. The monoisotopic (exact) mass is 215 g/mol. The van der Waals surface area contributed by atoms with E-state index in [-0.39, 0.29) is 0 Å². The molecule has 0 bridgehead atoms. The fourth-order valence-electron chi connectivity index (χ4n) is 0.403. The summed E-state index contributed by atoms with van der Waals surface area (Å²) in [7, 11) is -3.63. The molecule has 0 spiro atoms. The Labute approximate surface area is 73.4 Å². The van der Waals surface area contributed by atoms with Crippen molar-refractivity contribution in [3.05, 3.63) is 30.3 Å². The number of rotatable bonds is 0. The molecule has 0 unspecified atom stereocenters. The Kier molecular flexibility index (Phi) is 6.48. The maximum atomic E-state index is 8.52. The quantitative estimate of drug-likeness (QED) is 0.410. The van der Waals surface area contributed by atoms with Crippen LogP contribution in [-0.2, 0) is 20.0 Å². The fraction of sp³-hybridized carbons (Fsp3) is 0. The van der Waals surface area contributed by atoms with Crippen LogP contribution in [0.5, 0.6) is 0 Å². The third-order valence-corrected chi connectivity index (χ3v) is 1.04. The van der Waals surface area contributed by atoms with Crippen molar-refractivity contribution in [3.8, 4) is 0 Å². The SMILES string of the molecule is O=[PH]([O-])[O-].[Ni+2][c]1ccccc1. The molecule has 0 amide bonds. The van der Waals surface area contributed by atoms with Crippen molar-refractivity contribution < 1.29 is 29.8 Å². The standard InChI is InChI=1S/C6H5.Ni.H3O3P/c1-2-4-6-5-3-1;;1-4(2)3/h1-5H;;4H,(H2,1,2,3)/q;+2;/p-2. The average Bonchev–Trinajstić information content (AvgIpc) is 1.87. The Balaban J connectivity index is 0.000000218. The summed E-state index contributed by atoms with van der Waals surface area (Å²) in [6.45, 7) is 0. The summed E-state index contributed by atoms with van der Waals surface area (Å²) < 4.78 is 9.47. The van der Waals surface area contributed by atoms with Crippen molar-refractivity contribution in [2.24, 2.45) is 0 Å². The molecule has 0 saturated heterocycles. The van der Waals surface area contributed by atoms with E-state index < -0.39 is 8.25 Å². The van der Waals surface area contributed by atoms with Crippen LogP contribution in [0.2, 0.25) is 0 Å². The summed E-state index contributed by atoms with van der Waals surface area (Å²) >= 11 is 4.54. The summed E-state index contributed by atoms with van der Waals surface area (Å²) in [6.07, 6.45) is 0. The topological polar surface area (TPSA) is 63.2 Å². The molecule has 0 aliphatic carbocycles. The Morgan fingerprint density at radius 2 is 1.55 bits per heavy atom. The van der Waals surface area contributed by atoms with Crippen LogP contribution in [-0.4, -0.2) is 0 Å². The van der Waals surface area contributed by atoms with Crippen LogP contribution in [0.25, 0.3) is 0 Å². The first kappa shape index (κ1) is 10.9. The van der Waals surface area contributed by atoms with Gasteiger partial charge >= 0.3 is 50.3 Å². The van der Waals surface area contributed by atoms with Gasteiger partial charge in [0.2, 0.25) is 0 Å². The van der Waals surface area contributed by atoms with Gasteiger partial charge < -0.3 is 14.4 Å². The van der Waals surface area contributed by atoms with E-state index in [2.05, 4.69) is 15.5 Å². The van der Waals surface area contributed by atoms with E-state index in [1.165, 1.54) is 0 Å². The fourth-order valence-corrected chi connectivity index (χ4v) is 0.593. The van der Waals surface area contributed by atoms with Gasteiger partial charge in [-0.05, 0) is 0 Å². The number of hydrogen-bond acceptors (Lipinski definition) is 3. The van der Waals surface area contributed by atoms with Gasteiger partial charge in [-0.25, -0.2) is 0 Å². The molecule has 1 aromatic carbocycles. The minimum atomic E-state index is -3.63. The molecular weight excluding hydrogens is 210 g/mol. The normalized spacial score (nSPS) is 8.73. The summed E-state index contributed by atoms with van der Waals surface area (Å²) in [5, 5.41) is 0. The van der Waals surface area contributed by atoms with Gasteiger partial charge in [-0.3, -0.25) is 0 Å². The van der Waals surface area contributed by atoms with E-state index in [4.69, 9.17) is 14.4 Å². The van der Waals surface area contributed by atoms with Gasteiger partial charge in [0.25, 0.3) is 0 Å². The summed E-state index contributed by atoms with van der Waals surface area (Å²) in [5.41, 5.74) is 0. The molecule has 1 aromatic rings. The number of benzene rings is 1. The predicted molar refractivity (Wildman–Crippen MR) is 35.1 cm³/mol. The molecule has 63 valence electrons. The molecule has 0 atom stereocenters. The average molecular weight is 216 g/mol. The van der Waals surface area contributed by atoms with Gasteiger partial charge in [0, 0.05) is 0 Å². The molecular formula is C6H6NiO3P. The predicted octanol–water partition coefficient (Wildman–Crippen LogP) is -1.04. The second-order valence-electron chi connectivity index (χ2n) is 1.51. The molecule has 0 radical (unpaired) electrons. The van der Waals surface area contributed by atoms with Crippen molar-refractivity contribution in [1.29, 1.82) is 0 Å². The minimum absolute atomic E-state index is 0.947. The molecule has 1 rings (SSSR count). The molecule has 3 nitrogen and oxygen atoms in total. The Hall–Kier alpha value is -0.136. The van der Waals surface area contributed by atoms with Gasteiger partial charge in [-0.1, -0.05) is 8.25 Å². The van der Waals surface area contributed by atoms with E-state index in [1.807, 2.05) is 30.3 Å². The van der Waals surface area contributed by atoms with E-state index in [1.54, 1.807) is 0 Å². The molecule has 0 saturated carbocycles. The van der Waals surface area contributed by atoms with Crippen LogP contribution >= 0.6 is 8.25 Å². The third kappa shape index (κ3) is 9.86.